The van der Waals surface area contributed by atoms with E-state index < -0.39 is 0 Å². The van der Waals surface area contributed by atoms with E-state index in [9.17, 15) is 5.11 Å². The minimum atomic E-state index is -0.354. The zero-order chi connectivity index (χ0) is 16.6. The third-order valence-electron chi connectivity index (χ3n) is 4.75. The summed E-state index contributed by atoms with van der Waals surface area (Å²) in [4.78, 5) is 0. The zero-order valence-electron chi connectivity index (χ0n) is 15.2. The maximum Gasteiger partial charge on any atom is 0.0923 e. The third-order valence-corrected chi connectivity index (χ3v) is 4.75. The molecule has 1 aliphatic heterocycles. The molecule has 1 aliphatic rings. The topological polar surface area (TPSA) is 32.8 Å². The number of epoxide rings is 1. The molecule has 0 amide bonds. The number of aliphatic hydroxyl groups is 1. The van der Waals surface area contributed by atoms with E-state index >= 15 is 0 Å². The smallest absolute Gasteiger partial charge is 0.0923 e. The molecule has 0 bridgehead atoms. The predicted octanol–water partition coefficient (Wildman–Crippen LogP) is 5.56. The Kier molecular flexibility index (Phi) is 8.41. The lowest BCUT2D eigenvalue weighted by molar-refractivity contribution is 0.187. The second-order valence-corrected chi connectivity index (χ2v) is 7.30. The third kappa shape index (κ3) is 7.11. The Bertz CT molecular complexity index is 368. The first-order valence-corrected chi connectivity index (χ1v) is 9.06. The van der Waals surface area contributed by atoms with Crippen LogP contribution in [0.5, 0.6) is 0 Å². The first-order chi connectivity index (χ1) is 10.4. The molecular weight excluding hydrogens is 272 g/mol. The van der Waals surface area contributed by atoms with Crippen molar-refractivity contribution in [2.24, 2.45) is 0 Å². The van der Waals surface area contributed by atoms with E-state index in [1.165, 1.54) is 24.8 Å². The number of allylic oxidation sites excluding steroid dienone is 2. The van der Waals surface area contributed by atoms with Crippen molar-refractivity contribution in [1.29, 1.82) is 0 Å². The number of rotatable bonds is 12. The zero-order valence-corrected chi connectivity index (χ0v) is 15.2. The first-order valence-electron chi connectivity index (χ1n) is 9.06. The molecule has 128 valence electrons. The number of ether oxygens (including phenoxy) is 1. The summed E-state index contributed by atoms with van der Waals surface area (Å²) in [6.07, 6.45) is 12.0. The quantitative estimate of drug-likeness (QED) is 0.291. The lowest BCUT2D eigenvalue weighted by Gasteiger charge is -2.13. The van der Waals surface area contributed by atoms with Crippen LogP contribution in [0.25, 0.3) is 0 Å². The highest BCUT2D eigenvalue weighted by Crippen LogP contribution is 2.43. The number of hydrogen-bond acceptors (Lipinski definition) is 2. The van der Waals surface area contributed by atoms with Gasteiger partial charge in [0.25, 0.3) is 0 Å². The fraction of sp³-hybridized carbons (Fsp3) is 0.800. The van der Waals surface area contributed by atoms with Crippen molar-refractivity contribution in [3.63, 3.8) is 0 Å². The van der Waals surface area contributed by atoms with Crippen LogP contribution >= 0.6 is 0 Å². The molecule has 0 aromatic heterocycles. The van der Waals surface area contributed by atoms with Crippen LogP contribution in [0.1, 0.15) is 85.5 Å². The van der Waals surface area contributed by atoms with Gasteiger partial charge in [0, 0.05) is 0 Å². The molecule has 0 aliphatic carbocycles. The first kappa shape index (κ1) is 19.4. The van der Waals surface area contributed by atoms with Crippen LogP contribution in [0, 0.1) is 0 Å². The van der Waals surface area contributed by atoms with Gasteiger partial charge in [-0.2, -0.15) is 0 Å². The molecule has 1 rings (SSSR count). The molecule has 3 atom stereocenters. The molecule has 2 nitrogen and oxygen atoms in total. The highest BCUT2D eigenvalue weighted by Gasteiger charge is 2.50. The van der Waals surface area contributed by atoms with E-state index in [-0.39, 0.29) is 11.7 Å². The molecule has 0 aromatic rings. The van der Waals surface area contributed by atoms with Crippen LogP contribution < -0.4 is 0 Å². The fourth-order valence-corrected chi connectivity index (χ4v) is 2.98. The summed E-state index contributed by atoms with van der Waals surface area (Å²) in [6.45, 7) is 12.7. The van der Waals surface area contributed by atoms with Crippen molar-refractivity contribution in [3.05, 3.63) is 23.8 Å². The molecule has 0 radical (unpaired) electrons. The summed E-state index contributed by atoms with van der Waals surface area (Å²) in [5, 5.41) is 10.2. The molecule has 0 unspecified atom stereocenters. The lowest BCUT2D eigenvalue weighted by atomic mass is 9.94. The normalized spacial score (nSPS) is 24.9. The maximum absolute atomic E-state index is 10.2. The summed E-state index contributed by atoms with van der Waals surface area (Å²) in [6, 6.07) is 0. The molecule has 1 heterocycles. The molecule has 1 N–H and O–H groups in total. The van der Waals surface area contributed by atoms with E-state index in [4.69, 9.17) is 4.74 Å². The average Bonchev–Trinajstić information content (AvgIpc) is 3.10. The summed E-state index contributed by atoms with van der Waals surface area (Å²) in [5.74, 6) is 0. The largest absolute Gasteiger partial charge is 0.389 e. The van der Waals surface area contributed by atoms with Crippen LogP contribution in [0.2, 0.25) is 0 Å². The fourth-order valence-electron chi connectivity index (χ4n) is 2.98. The van der Waals surface area contributed by atoms with E-state index in [0.29, 0.717) is 6.10 Å². The highest BCUT2D eigenvalue weighted by molar-refractivity contribution is 5.05. The molecule has 0 spiro atoms. The van der Waals surface area contributed by atoms with Crippen LogP contribution in [0.15, 0.2) is 23.8 Å². The molecule has 2 heteroatoms. The molecule has 0 saturated carbocycles. The monoisotopic (exact) mass is 308 g/mol. The summed E-state index contributed by atoms with van der Waals surface area (Å²) < 4.78 is 5.86. The van der Waals surface area contributed by atoms with Gasteiger partial charge in [-0.05, 0) is 64.9 Å². The van der Waals surface area contributed by atoms with Crippen LogP contribution in [0.4, 0.5) is 0 Å². The van der Waals surface area contributed by atoms with Crippen molar-refractivity contribution in [1.82, 2.24) is 0 Å². The van der Waals surface area contributed by atoms with Gasteiger partial charge in [-0.25, -0.2) is 0 Å². The van der Waals surface area contributed by atoms with Crippen LogP contribution in [-0.4, -0.2) is 22.9 Å². The lowest BCUT2D eigenvalue weighted by Crippen LogP contribution is -2.14. The van der Waals surface area contributed by atoms with Crippen molar-refractivity contribution in [2.45, 2.75) is 103 Å². The predicted molar refractivity (Wildman–Crippen MR) is 95.1 cm³/mol. The van der Waals surface area contributed by atoms with Crippen LogP contribution in [0.3, 0.4) is 0 Å². The number of unbranched alkanes of at least 4 members (excludes halogenated alkanes) is 3. The Balaban J connectivity index is 2.16. The van der Waals surface area contributed by atoms with Gasteiger partial charge in [0.1, 0.15) is 0 Å². The molecule has 22 heavy (non-hydrogen) atoms. The van der Waals surface area contributed by atoms with E-state index in [1.807, 2.05) is 0 Å². The summed E-state index contributed by atoms with van der Waals surface area (Å²) >= 11 is 0. The Labute approximate surface area is 137 Å². The summed E-state index contributed by atoms with van der Waals surface area (Å²) in [5.41, 5.74) is 2.41. The van der Waals surface area contributed by atoms with E-state index in [1.54, 1.807) is 0 Å². The van der Waals surface area contributed by atoms with Gasteiger partial charge in [-0.15, -0.1) is 0 Å². The van der Waals surface area contributed by atoms with Gasteiger partial charge in [-0.3, -0.25) is 0 Å². The standard InChI is InChI=1S/C20H36O2/c1-6-7-8-9-12-17(4)18(21)13-14-19-20(5,22-19)15-10-11-16(2)3/h11,18-19,21H,4,6-10,12-15H2,1-3,5H3/t18-,19+,20+/m0/s1. The van der Waals surface area contributed by atoms with Crippen LogP contribution in [-0.2, 0) is 4.74 Å². The van der Waals surface area contributed by atoms with Gasteiger partial charge < -0.3 is 9.84 Å². The minimum absolute atomic E-state index is 0.0358. The van der Waals surface area contributed by atoms with Gasteiger partial charge >= 0.3 is 0 Å². The average molecular weight is 309 g/mol. The molecular formula is C20H36O2. The Morgan fingerprint density at radius 3 is 2.68 bits per heavy atom. The summed E-state index contributed by atoms with van der Waals surface area (Å²) in [7, 11) is 0. The van der Waals surface area contributed by atoms with Crippen molar-refractivity contribution >= 4 is 0 Å². The van der Waals surface area contributed by atoms with Gasteiger partial charge in [0.2, 0.25) is 0 Å². The maximum atomic E-state index is 10.2. The highest BCUT2D eigenvalue weighted by atomic mass is 16.6. The number of aliphatic hydroxyl groups excluding tert-OH is 1. The Morgan fingerprint density at radius 1 is 1.32 bits per heavy atom. The van der Waals surface area contributed by atoms with Gasteiger partial charge in [0.05, 0.1) is 17.8 Å². The van der Waals surface area contributed by atoms with Crippen molar-refractivity contribution in [2.75, 3.05) is 0 Å². The second kappa shape index (κ2) is 9.52. The Morgan fingerprint density at radius 2 is 2.05 bits per heavy atom. The second-order valence-electron chi connectivity index (χ2n) is 7.30. The van der Waals surface area contributed by atoms with Crippen molar-refractivity contribution < 1.29 is 9.84 Å². The van der Waals surface area contributed by atoms with E-state index in [2.05, 4.69) is 40.3 Å². The number of hydrogen-bond donors (Lipinski definition) is 1. The van der Waals surface area contributed by atoms with Gasteiger partial charge in [-0.1, -0.05) is 44.4 Å². The van der Waals surface area contributed by atoms with Gasteiger partial charge in [0.15, 0.2) is 0 Å². The molecule has 1 fully saturated rings. The van der Waals surface area contributed by atoms with E-state index in [0.717, 1.165) is 44.1 Å². The van der Waals surface area contributed by atoms with Crippen molar-refractivity contribution in [3.8, 4) is 0 Å². The Hall–Kier alpha value is -0.600. The molecule has 1 saturated heterocycles. The SMILES string of the molecule is C=C(CCCCCC)[C@@H](O)CC[C@H]1O[C@]1(C)CCC=C(C)C. The minimum Gasteiger partial charge on any atom is -0.389 e. The molecule has 0 aromatic carbocycles.